The van der Waals surface area contributed by atoms with E-state index in [2.05, 4.69) is 15.1 Å². The molecule has 0 aliphatic heterocycles. The van der Waals surface area contributed by atoms with Gasteiger partial charge in [0.05, 0.1) is 5.02 Å². The van der Waals surface area contributed by atoms with E-state index in [0.29, 0.717) is 27.4 Å². The van der Waals surface area contributed by atoms with Crippen LogP contribution < -0.4 is 0 Å². The number of pyridine rings is 1. The third-order valence-corrected chi connectivity index (χ3v) is 2.07. The van der Waals surface area contributed by atoms with E-state index < -0.39 is 0 Å². The number of halogens is 1. The van der Waals surface area contributed by atoms with Crippen LogP contribution in [-0.2, 0) is 0 Å². The first-order chi connectivity index (χ1) is 6.22. The normalized spacial score (nSPS) is 10.6. The lowest BCUT2D eigenvalue weighted by molar-refractivity contribution is 1.24. The molecule has 2 heterocycles. The smallest absolute Gasteiger partial charge is 0.139 e. The van der Waals surface area contributed by atoms with Gasteiger partial charge in [0.15, 0.2) is 0 Å². The lowest BCUT2D eigenvalue weighted by Crippen LogP contribution is -1.74. The molecule has 13 heavy (non-hydrogen) atoms. The largest absolute Gasteiger partial charge is 0.341 e. The van der Waals surface area contributed by atoms with Crippen LogP contribution in [0.15, 0.2) is 17.4 Å². The molecule has 0 unspecified atom stereocenters. The van der Waals surface area contributed by atoms with E-state index >= 15 is 0 Å². The maximum Gasteiger partial charge on any atom is 0.139 e. The van der Waals surface area contributed by atoms with Crippen LogP contribution in [0.1, 0.15) is 5.69 Å². The molecule has 2 aromatic rings. The van der Waals surface area contributed by atoms with Gasteiger partial charge in [0.2, 0.25) is 0 Å². The summed E-state index contributed by atoms with van der Waals surface area (Å²) in [6, 6.07) is 1.67. The summed E-state index contributed by atoms with van der Waals surface area (Å²) in [4.78, 5) is 17.4. The Kier molecular flexibility index (Phi) is 1.77. The number of fused-ring (bicyclic) bond motifs is 1. The Hall–Kier alpha value is -1.42. The zero-order valence-corrected chi connectivity index (χ0v) is 7.59. The van der Waals surface area contributed by atoms with Crippen LogP contribution in [0.25, 0.3) is 11.0 Å². The highest BCUT2D eigenvalue weighted by atomic mass is 35.5. The van der Waals surface area contributed by atoms with Gasteiger partial charge in [-0.1, -0.05) is 11.6 Å². The second kappa shape index (κ2) is 2.81. The Bertz CT molecular complexity index is 477. The molecule has 4 nitrogen and oxygen atoms in total. The molecule has 0 atom stereocenters. The number of hydrogen-bond acceptors (Lipinski definition) is 3. The first-order valence-corrected chi connectivity index (χ1v) is 4.07. The standard InChI is InChI=1S/C8H6ClN3O/c1-4-7(12-13)6-2-5(9)3-10-8(6)11-4/h2-3H,1H3,(H,10,11). The van der Waals surface area contributed by atoms with Gasteiger partial charge in [-0.3, -0.25) is 0 Å². The number of aromatic nitrogens is 2. The van der Waals surface area contributed by atoms with Crippen LogP contribution in [0, 0.1) is 11.8 Å². The zero-order valence-electron chi connectivity index (χ0n) is 6.84. The van der Waals surface area contributed by atoms with Crippen molar-refractivity contribution in [2.45, 2.75) is 6.92 Å². The van der Waals surface area contributed by atoms with Gasteiger partial charge in [-0.25, -0.2) is 4.98 Å². The molecule has 0 saturated heterocycles. The van der Waals surface area contributed by atoms with Gasteiger partial charge in [0.25, 0.3) is 0 Å². The number of nitrogens with one attached hydrogen (secondary N) is 1. The highest BCUT2D eigenvalue weighted by Gasteiger charge is 2.09. The number of aryl methyl sites for hydroxylation is 1. The van der Waals surface area contributed by atoms with Gasteiger partial charge in [-0.2, -0.15) is 0 Å². The summed E-state index contributed by atoms with van der Waals surface area (Å²) in [6.45, 7) is 1.77. The summed E-state index contributed by atoms with van der Waals surface area (Å²) in [5.41, 5.74) is 1.72. The maximum absolute atomic E-state index is 10.5. The van der Waals surface area contributed by atoms with Crippen molar-refractivity contribution in [2.24, 2.45) is 5.18 Å². The fourth-order valence-electron chi connectivity index (χ4n) is 1.28. The predicted molar refractivity (Wildman–Crippen MR) is 51.3 cm³/mol. The highest BCUT2D eigenvalue weighted by molar-refractivity contribution is 6.31. The summed E-state index contributed by atoms with van der Waals surface area (Å²) in [5.74, 6) is 0. The van der Waals surface area contributed by atoms with Gasteiger partial charge in [-0.15, -0.1) is 4.91 Å². The van der Waals surface area contributed by atoms with Crippen LogP contribution in [-0.4, -0.2) is 9.97 Å². The number of nitroso groups, excluding NO2 is 1. The highest BCUT2D eigenvalue weighted by Crippen LogP contribution is 2.29. The van der Waals surface area contributed by atoms with E-state index in [4.69, 9.17) is 11.6 Å². The van der Waals surface area contributed by atoms with Crippen molar-refractivity contribution in [3.05, 3.63) is 27.9 Å². The fraction of sp³-hybridized carbons (Fsp3) is 0.125. The van der Waals surface area contributed by atoms with Gasteiger partial charge in [0, 0.05) is 17.3 Å². The summed E-state index contributed by atoms with van der Waals surface area (Å²) in [5, 5.41) is 4.08. The lowest BCUT2D eigenvalue weighted by atomic mass is 10.3. The Balaban J connectivity index is 2.88. The maximum atomic E-state index is 10.5. The minimum Gasteiger partial charge on any atom is -0.341 e. The van der Waals surface area contributed by atoms with Crippen molar-refractivity contribution < 1.29 is 0 Å². The molecule has 1 N–H and O–H groups in total. The van der Waals surface area contributed by atoms with E-state index in [0.717, 1.165) is 0 Å². The average Bonchev–Trinajstić information content (AvgIpc) is 2.40. The molecular weight excluding hydrogens is 190 g/mol. The number of nitrogens with zero attached hydrogens (tertiary/aromatic N) is 2. The fourth-order valence-corrected chi connectivity index (χ4v) is 1.43. The summed E-state index contributed by atoms with van der Waals surface area (Å²) >= 11 is 5.74. The summed E-state index contributed by atoms with van der Waals surface area (Å²) in [6.07, 6.45) is 1.52. The monoisotopic (exact) mass is 195 g/mol. The molecule has 5 heteroatoms. The molecule has 0 aliphatic carbocycles. The second-order valence-electron chi connectivity index (χ2n) is 2.74. The van der Waals surface area contributed by atoms with E-state index in [1.165, 1.54) is 6.20 Å². The molecule has 2 aromatic heterocycles. The van der Waals surface area contributed by atoms with Crippen molar-refractivity contribution >= 4 is 28.3 Å². The van der Waals surface area contributed by atoms with Crippen molar-refractivity contribution in [3.8, 4) is 0 Å². The van der Waals surface area contributed by atoms with Crippen LogP contribution in [0.5, 0.6) is 0 Å². The van der Waals surface area contributed by atoms with Gasteiger partial charge in [-0.05, 0) is 18.2 Å². The van der Waals surface area contributed by atoms with Crippen molar-refractivity contribution in [3.63, 3.8) is 0 Å². The molecule has 0 saturated carbocycles. The van der Waals surface area contributed by atoms with Crippen LogP contribution in [0.2, 0.25) is 5.02 Å². The molecule has 2 rings (SSSR count). The number of rotatable bonds is 1. The van der Waals surface area contributed by atoms with E-state index in [1.807, 2.05) is 0 Å². The Morgan fingerprint density at radius 2 is 2.38 bits per heavy atom. The Morgan fingerprint density at radius 1 is 1.62 bits per heavy atom. The minimum absolute atomic E-state index is 0.380. The Labute approximate surface area is 78.9 Å². The minimum atomic E-state index is 0.380. The molecule has 0 spiro atoms. The Morgan fingerprint density at radius 3 is 3.08 bits per heavy atom. The molecule has 0 aromatic carbocycles. The van der Waals surface area contributed by atoms with E-state index in [-0.39, 0.29) is 0 Å². The van der Waals surface area contributed by atoms with Gasteiger partial charge >= 0.3 is 0 Å². The van der Waals surface area contributed by atoms with E-state index in [1.54, 1.807) is 13.0 Å². The summed E-state index contributed by atoms with van der Waals surface area (Å²) in [7, 11) is 0. The van der Waals surface area contributed by atoms with Crippen molar-refractivity contribution in [1.82, 2.24) is 9.97 Å². The number of hydrogen-bond donors (Lipinski definition) is 1. The SMILES string of the molecule is Cc1[nH]c2ncc(Cl)cc2c1N=O. The van der Waals surface area contributed by atoms with Crippen LogP contribution >= 0.6 is 11.6 Å². The molecular formula is C8H6ClN3O. The third kappa shape index (κ3) is 1.19. The van der Waals surface area contributed by atoms with Crippen LogP contribution in [0.3, 0.4) is 0 Å². The second-order valence-corrected chi connectivity index (χ2v) is 3.18. The molecule has 0 radical (unpaired) electrons. The average molecular weight is 196 g/mol. The molecule has 66 valence electrons. The first-order valence-electron chi connectivity index (χ1n) is 3.69. The lowest BCUT2D eigenvalue weighted by Gasteiger charge is -1.89. The topological polar surface area (TPSA) is 58.1 Å². The number of aromatic amines is 1. The zero-order chi connectivity index (χ0) is 9.42. The van der Waals surface area contributed by atoms with Gasteiger partial charge < -0.3 is 4.98 Å². The van der Waals surface area contributed by atoms with Crippen molar-refractivity contribution in [2.75, 3.05) is 0 Å². The third-order valence-electron chi connectivity index (χ3n) is 1.86. The first kappa shape index (κ1) is 8.19. The number of H-pyrrole nitrogens is 1. The summed E-state index contributed by atoms with van der Waals surface area (Å²) < 4.78 is 0. The molecule has 0 aliphatic rings. The quantitative estimate of drug-likeness (QED) is 0.712. The van der Waals surface area contributed by atoms with Crippen LogP contribution in [0.4, 0.5) is 5.69 Å². The van der Waals surface area contributed by atoms with E-state index in [9.17, 15) is 4.91 Å². The molecule has 0 bridgehead atoms. The van der Waals surface area contributed by atoms with Crippen molar-refractivity contribution in [1.29, 1.82) is 0 Å². The molecule has 0 fully saturated rings. The predicted octanol–water partition coefficient (Wildman–Crippen LogP) is 2.92. The van der Waals surface area contributed by atoms with Gasteiger partial charge in [0.1, 0.15) is 11.3 Å². The molecule has 0 amide bonds.